The zero-order valence-corrected chi connectivity index (χ0v) is 33.3. The largest absolute Gasteiger partial charge is 0.509 e. The van der Waals surface area contributed by atoms with E-state index in [1.54, 1.807) is 48.1 Å². The SMILES string of the molecule is CCNC(=O)COCC(=O)NCC(=O)Nc1ccc(COC(=O)O[C@@H]2C(=O)OCc3c2cc2n(c3=O)Cc3c-2nc2ccccc2c3CCN(C(C)C)S(C)=O)cc1. The van der Waals surface area contributed by atoms with Gasteiger partial charge < -0.3 is 39.5 Å². The molecule has 0 aliphatic carbocycles. The molecule has 1 unspecified atom stereocenters. The van der Waals surface area contributed by atoms with Crippen molar-refractivity contribution in [2.45, 2.75) is 59.1 Å². The van der Waals surface area contributed by atoms with Crippen molar-refractivity contribution in [2.75, 3.05) is 44.4 Å². The number of amides is 3. The third kappa shape index (κ3) is 9.58. The Labute approximate surface area is 336 Å². The highest BCUT2D eigenvalue weighted by Crippen LogP contribution is 2.39. The molecular formula is C40H44N6O11S. The molecule has 6 rings (SSSR count). The molecule has 4 heterocycles. The van der Waals surface area contributed by atoms with E-state index in [-0.39, 0.29) is 62.6 Å². The Kier molecular flexibility index (Phi) is 13.3. The van der Waals surface area contributed by atoms with Gasteiger partial charge >= 0.3 is 12.1 Å². The predicted octanol–water partition coefficient (Wildman–Crippen LogP) is 2.63. The van der Waals surface area contributed by atoms with Crippen LogP contribution in [0.3, 0.4) is 0 Å². The molecule has 2 aliphatic rings. The number of nitrogens with one attached hydrogen (secondary N) is 3. The van der Waals surface area contributed by atoms with E-state index in [9.17, 15) is 33.0 Å². The Morgan fingerprint density at radius 3 is 2.43 bits per heavy atom. The molecule has 0 fully saturated rings. The van der Waals surface area contributed by atoms with Crippen molar-refractivity contribution in [3.63, 3.8) is 0 Å². The van der Waals surface area contributed by atoms with Gasteiger partial charge in [0.05, 0.1) is 46.5 Å². The van der Waals surface area contributed by atoms with Crippen LogP contribution in [0.2, 0.25) is 0 Å². The highest BCUT2D eigenvalue weighted by Gasteiger charge is 2.38. The number of para-hydroxylation sites is 1. The number of carbonyl (C=O) groups excluding carboxylic acids is 5. The fourth-order valence-corrected chi connectivity index (χ4v) is 7.77. The summed E-state index contributed by atoms with van der Waals surface area (Å²) in [6.45, 7) is 5.40. The first kappa shape index (κ1) is 41.6. The molecule has 2 aromatic carbocycles. The van der Waals surface area contributed by atoms with Crippen molar-refractivity contribution < 1.29 is 47.1 Å². The number of ether oxygens (including phenoxy) is 4. The van der Waals surface area contributed by atoms with Crippen LogP contribution in [-0.2, 0) is 75.3 Å². The summed E-state index contributed by atoms with van der Waals surface area (Å²) in [5.41, 5.74) is 4.50. The van der Waals surface area contributed by atoms with Crippen molar-refractivity contribution in [1.29, 1.82) is 0 Å². The van der Waals surface area contributed by atoms with E-state index >= 15 is 0 Å². The van der Waals surface area contributed by atoms with Gasteiger partial charge in [0.15, 0.2) is 0 Å². The first-order chi connectivity index (χ1) is 27.8. The number of cyclic esters (lactones) is 1. The number of nitrogens with zero attached hydrogens (tertiary/aromatic N) is 3. The Bertz CT molecular complexity index is 2330. The summed E-state index contributed by atoms with van der Waals surface area (Å²) >= 11 is 0. The average Bonchev–Trinajstić information content (AvgIpc) is 3.56. The zero-order chi connectivity index (χ0) is 41.5. The van der Waals surface area contributed by atoms with Gasteiger partial charge in [0.1, 0.15) is 26.4 Å². The minimum atomic E-state index is -1.57. The van der Waals surface area contributed by atoms with Gasteiger partial charge in [-0.25, -0.2) is 23.1 Å². The van der Waals surface area contributed by atoms with E-state index in [0.29, 0.717) is 42.1 Å². The molecule has 0 bridgehead atoms. The van der Waals surface area contributed by atoms with Crippen LogP contribution in [0.1, 0.15) is 54.7 Å². The molecule has 58 heavy (non-hydrogen) atoms. The van der Waals surface area contributed by atoms with Crippen LogP contribution in [0, 0.1) is 0 Å². The molecular weight excluding hydrogens is 773 g/mol. The van der Waals surface area contributed by atoms with Gasteiger partial charge in [-0.2, -0.15) is 0 Å². The Balaban J connectivity index is 1.10. The molecule has 0 radical (unpaired) electrons. The van der Waals surface area contributed by atoms with Crippen molar-refractivity contribution in [3.8, 4) is 11.4 Å². The number of rotatable bonds is 16. The van der Waals surface area contributed by atoms with Gasteiger partial charge in [-0.3, -0.25) is 19.2 Å². The first-order valence-electron chi connectivity index (χ1n) is 18.6. The number of fused-ring (bicyclic) bond motifs is 5. The fraction of sp³-hybridized carbons (Fsp3) is 0.375. The predicted molar refractivity (Wildman–Crippen MR) is 212 cm³/mol. The fourth-order valence-electron chi connectivity index (χ4n) is 6.83. The van der Waals surface area contributed by atoms with E-state index < -0.39 is 46.6 Å². The van der Waals surface area contributed by atoms with Crippen LogP contribution in [0.5, 0.6) is 0 Å². The maximum atomic E-state index is 14.0. The maximum Gasteiger partial charge on any atom is 0.509 e. The standard InChI is InChI=1S/C40H44N6O11S/c1-5-41-34(48)21-54-22-35(49)42-17-33(47)43-25-12-10-24(11-13-25)19-56-40(52)57-37-28-16-32-36-29(18-45(32)38(50)30(28)20-55-39(37)51)26(14-15-46(23(2)3)58(4)53)27-8-6-7-9-31(27)44-36/h6-13,16,23,37H,5,14-15,17-22H2,1-4H3,(H,41,48)(H,42,49)(H,43,47)/t37-,58?/m0/s1. The van der Waals surface area contributed by atoms with Crippen LogP contribution in [0.4, 0.5) is 10.5 Å². The second-order valence-corrected chi connectivity index (χ2v) is 15.1. The van der Waals surface area contributed by atoms with Crippen molar-refractivity contribution in [1.82, 2.24) is 24.5 Å². The van der Waals surface area contributed by atoms with E-state index in [0.717, 1.165) is 22.0 Å². The second-order valence-electron chi connectivity index (χ2n) is 13.8. The summed E-state index contributed by atoms with van der Waals surface area (Å²) in [5.74, 6) is -2.29. The molecule has 0 saturated heterocycles. The quantitative estimate of drug-likeness (QED) is 0.123. The lowest BCUT2D eigenvalue weighted by Gasteiger charge is -2.24. The summed E-state index contributed by atoms with van der Waals surface area (Å²) in [6, 6.07) is 15.7. The van der Waals surface area contributed by atoms with Gasteiger partial charge in [-0.15, -0.1) is 0 Å². The number of pyridine rings is 2. The second kappa shape index (κ2) is 18.5. The van der Waals surface area contributed by atoms with Crippen LogP contribution in [0.25, 0.3) is 22.3 Å². The van der Waals surface area contributed by atoms with Crippen LogP contribution in [-0.4, -0.2) is 93.1 Å². The minimum Gasteiger partial charge on any atom is -0.458 e. The van der Waals surface area contributed by atoms with Gasteiger partial charge in [-0.1, -0.05) is 30.3 Å². The Morgan fingerprint density at radius 1 is 1.00 bits per heavy atom. The lowest BCUT2D eigenvalue weighted by Crippen LogP contribution is -2.36. The lowest BCUT2D eigenvalue weighted by atomic mass is 9.97. The molecule has 0 saturated carbocycles. The normalized spacial score (nSPS) is 14.6. The van der Waals surface area contributed by atoms with Crippen LogP contribution in [0.15, 0.2) is 59.4 Å². The first-order valence-corrected chi connectivity index (χ1v) is 20.1. The van der Waals surface area contributed by atoms with Crippen LogP contribution < -0.4 is 21.5 Å². The smallest absolute Gasteiger partial charge is 0.458 e. The summed E-state index contributed by atoms with van der Waals surface area (Å²) in [6.07, 6.45) is -0.529. The molecule has 4 aromatic rings. The molecule has 2 aromatic heterocycles. The summed E-state index contributed by atoms with van der Waals surface area (Å²) in [5, 5.41) is 8.48. The van der Waals surface area contributed by atoms with Gasteiger partial charge in [-0.05, 0) is 62.6 Å². The lowest BCUT2D eigenvalue weighted by molar-refractivity contribution is -0.159. The Hall–Kier alpha value is -5.98. The number of likely N-dealkylation sites (N-methyl/N-ethyl adjacent to an activating group) is 1. The maximum absolute atomic E-state index is 14.0. The van der Waals surface area contributed by atoms with Gasteiger partial charge in [0.2, 0.25) is 23.8 Å². The third-order valence-corrected chi connectivity index (χ3v) is 10.8. The molecule has 2 atom stereocenters. The average molecular weight is 817 g/mol. The van der Waals surface area contributed by atoms with E-state index in [1.165, 1.54) is 0 Å². The highest BCUT2D eigenvalue weighted by atomic mass is 32.2. The summed E-state index contributed by atoms with van der Waals surface area (Å²) in [7, 11) is -1.19. The van der Waals surface area contributed by atoms with Crippen molar-refractivity contribution in [2.24, 2.45) is 0 Å². The van der Waals surface area contributed by atoms with E-state index in [1.807, 2.05) is 42.4 Å². The monoisotopic (exact) mass is 816 g/mol. The molecule has 3 N–H and O–H groups in total. The number of hydrogen-bond acceptors (Lipinski definition) is 12. The number of esters is 1. The summed E-state index contributed by atoms with van der Waals surface area (Å²) < 4.78 is 37.1. The Morgan fingerprint density at radius 2 is 1.72 bits per heavy atom. The number of anilines is 1. The topological polar surface area (TPSA) is 214 Å². The number of benzene rings is 2. The van der Waals surface area contributed by atoms with E-state index in [2.05, 4.69) is 16.0 Å². The number of hydrogen-bond donors (Lipinski definition) is 3. The molecule has 3 amide bonds. The molecule has 18 heteroatoms. The minimum absolute atomic E-state index is 0.0504. The number of carbonyl (C=O) groups is 5. The van der Waals surface area contributed by atoms with E-state index in [4.69, 9.17) is 23.9 Å². The molecule has 0 spiro atoms. The van der Waals surface area contributed by atoms with Crippen molar-refractivity contribution in [3.05, 3.63) is 92.8 Å². The third-order valence-electron chi connectivity index (χ3n) is 9.54. The number of aromatic nitrogens is 2. The zero-order valence-electron chi connectivity index (χ0n) is 32.5. The van der Waals surface area contributed by atoms with Crippen LogP contribution >= 0.6 is 0 Å². The van der Waals surface area contributed by atoms with Gasteiger partial charge in [0.25, 0.3) is 5.56 Å². The van der Waals surface area contributed by atoms with Crippen molar-refractivity contribution >= 4 is 57.4 Å². The highest BCUT2D eigenvalue weighted by molar-refractivity contribution is 7.81. The summed E-state index contributed by atoms with van der Waals surface area (Å²) in [4.78, 5) is 80.5. The molecule has 17 nitrogen and oxygen atoms in total. The molecule has 2 aliphatic heterocycles. The van der Waals surface area contributed by atoms with Gasteiger partial charge in [0, 0.05) is 47.6 Å². The molecule has 306 valence electrons.